The third-order valence-electron chi connectivity index (χ3n) is 3.56. The first-order chi connectivity index (χ1) is 9.22. The smallest absolute Gasteiger partial charge is 0.331 e. The van der Waals surface area contributed by atoms with Crippen LogP contribution in [0.1, 0.15) is 90.9 Å². The molecule has 0 unspecified atom stereocenters. The van der Waals surface area contributed by atoms with Crippen molar-refractivity contribution in [2.75, 3.05) is 0 Å². The highest BCUT2D eigenvalue weighted by Gasteiger charge is 2.11. The topological polar surface area (TPSA) is 53.5 Å². The number of ketones is 1. The molecule has 0 saturated heterocycles. The predicted octanol–water partition coefficient (Wildman–Crippen LogP) is 4.95. The van der Waals surface area contributed by atoms with E-state index in [0.717, 1.165) is 12.8 Å². The van der Waals surface area contributed by atoms with Crippen LogP contribution < -0.4 is 0 Å². The zero-order valence-corrected chi connectivity index (χ0v) is 12.8. The van der Waals surface area contributed by atoms with E-state index >= 15 is 0 Å². The normalized spacial score (nSPS) is 10.2. The Bertz CT molecular complexity index is 280. The molecule has 0 aromatic heterocycles. The summed E-state index contributed by atoms with van der Waals surface area (Å²) in [6.07, 6.45) is 14.6. The van der Waals surface area contributed by atoms with Crippen molar-refractivity contribution in [1.82, 2.24) is 0 Å². The van der Waals surface area contributed by atoms with Crippen molar-refractivity contribution in [3.05, 3.63) is 5.53 Å². The summed E-state index contributed by atoms with van der Waals surface area (Å²) in [6.45, 7) is 3.81. The van der Waals surface area contributed by atoms with Gasteiger partial charge in [-0.05, 0) is 6.42 Å². The van der Waals surface area contributed by atoms with E-state index in [9.17, 15) is 4.79 Å². The van der Waals surface area contributed by atoms with Gasteiger partial charge in [-0.25, -0.2) is 0 Å². The van der Waals surface area contributed by atoms with Gasteiger partial charge in [0, 0.05) is 13.3 Å². The van der Waals surface area contributed by atoms with Crippen LogP contribution in [0.15, 0.2) is 0 Å². The van der Waals surface area contributed by atoms with E-state index < -0.39 is 0 Å². The van der Waals surface area contributed by atoms with Crippen molar-refractivity contribution in [3.63, 3.8) is 0 Å². The molecule has 0 N–H and O–H groups in total. The lowest BCUT2D eigenvalue weighted by Gasteiger charge is -2.01. The van der Waals surface area contributed by atoms with Gasteiger partial charge in [0.1, 0.15) is 0 Å². The molecular formula is C16H30N2O. The summed E-state index contributed by atoms with van der Waals surface area (Å²) in [4.78, 5) is 14.3. The van der Waals surface area contributed by atoms with Crippen molar-refractivity contribution in [1.29, 1.82) is 0 Å². The number of unbranched alkanes of at least 4 members (excludes halogenated alkanes) is 10. The molecule has 0 saturated carbocycles. The molecule has 110 valence electrons. The molecule has 0 aliphatic heterocycles. The van der Waals surface area contributed by atoms with E-state index in [2.05, 4.69) is 11.7 Å². The molecule has 0 heterocycles. The van der Waals surface area contributed by atoms with E-state index in [1.54, 1.807) is 6.92 Å². The molecular weight excluding hydrogens is 236 g/mol. The van der Waals surface area contributed by atoms with Gasteiger partial charge in [0.2, 0.25) is 5.78 Å². The molecule has 0 aromatic rings. The summed E-state index contributed by atoms with van der Waals surface area (Å²) in [7, 11) is 0. The lowest BCUT2D eigenvalue weighted by Crippen LogP contribution is -2.10. The van der Waals surface area contributed by atoms with Crippen LogP contribution in [0.2, 0.25) is 0 Å². The monoisotopic (exact) mass is 266 g/mol. The first-order valence-electron chi connectivity index (χ1n) is 7.94. The summed E-state index contributed by atoms with van der Waals surface area (Å²) in [5.41, 5.74) is 8.68. The fourth-order valence-corrected chi connectivity index (χ4v) is 2.19. The summed E-state index contributed by atoms with van der Waals surface area (Å²) in [5, 5.41) is 0. The Kier molecular flexibility index (Phi) is 12.8. The lowest BCUT2D eigenvalue weighted by atomic mass is 10.0. The minimum Gasteiger partial charge on any atom is -0.361 e. The zero-order valence-electron chi connectivity index (χ0n) is 12.8. The van der Waals surface area contributed by atoms with Gasteiger partial charge in [-0.2, -0.15) is 4.79 Å². The van der Waals surface area contributed by atoms with Gasteiger partial charge >= 0.3 is 5.71 Å². The van der Waals surface area contributed by atoms with Crippen molar-refractivity contribution >= 4 is 11.5 Å². The van der Waals surface area contributed by atoms with Gasteiger partial charge in [0.25, 0.3) is 0 Å². The van der Waals surface area contributed by atoms with Crippen molar-refractivity contribution < 1.29 is 9.58 Å². The molecule has 3 nitrogen and oxygen atoms in total. The molecule has 0 amide bonds. The van der Waals surface area contributed by atoms with Gasteiger partial charge in [0.15, 0.2) is 0 Å². The van der Waals surface area contributed by atoms with E-state index in [1.165, 1.54) is 57.8 Å². The van der Waals surface area contributed by atoms with Gasteiger partial charge < -0.3 is 5.53 Å². The predicted molar refractivity (Wildman–Crippen MR) is 80.4 cm³/mol. The van der Waals surface area contributed by atoms with Crippen LogP contribution >= 0.6 is 0 Å². The average molecular weight is 266 g/mol. The van der Waals surface area contributed by atoms with E-state index in [1.807, 2.05) is 0 Å². The van der Waals surface area contributed by atoms with Crippen LogP contribution in [0.25, 0.3) is 5.53 Å². The molecule has 0 rings (SSSR count). The molecule has 0 bridgehead atoms. The van der Waals surface area contributed by atoms with Crippen molar-refractivity contribution in [2.24, 2.45) is 0 Å². The molecule has 0 atom stereocenters. The van der Waals surface area contributed by atoms with E-state index in [-0.39, 0.29) is 11.5 Å². The summed E-state index contributed by atoms with van der Waals surface area (Å²) in [6, 6.07) is 0. The number of Topliss-reactive ketones (excluding diaryl/α,β-unsaturated/α-hetero) is 1. The third-order valence-corrected chi connectivity index (χ3v) is 3.56. The third kappa shape index (κ3) is 11.9. The highest BCUT2D eigenvalue weighted by molar-refractivity contribution is 6.36. The summed E-state index contributed by atoms with van der Waals surface area (Å²) >= 11 is 0. The number of carbonyl (C=O) groups excluding carboxylic acids is 1. The van der Waals surface area contributed by atoms with Crippen LogP contribution in [0, 0.1) is 0 Å². The molecule has 0 aromatic carbocycles. The summed E-state index contributed by atoms with van der Waals surface area (Å²) < 4.78 is 0. The molecule has 3 heteroatoms. The molecule has 0 spiro atoms. The summed E-state index contributed by atoms with van der Waals surface area (Å²) in [5.74, 6) is -0.0292. The number of hydrogen-bond acceptors (Lipinski definition) is 1. The minimum absolute atomic E-state index is 0.0292. The maximum atomic E-state index is 11.3. The Morgan fingerprint density at radius 1 is 0.842 bits per heavy atom. The second-order valence-corrected chi connectivity index (χ2v) is 5.39. The standard InChI is InChI=1S/C16H30N2O/c1-3-4-5-6-7-8-9-10-11-12-13-14-16(19)15(2)18-17/h3-14H2,1-2H3. The van der Waals surface area contributed by atoms with Gasteiger partial charge in [-0.15, -0.1) is 0 Å². The molecule has 19 heavy (non-hydrogen) atoms. The molecule has 0 aliphatic carbocycles. The second-order valence-electron chi connectivity index (χ2n) is 5.39. The molecule has 0 fully saturated rings. The van der Waals surface area contributed by atoms with Crippen LogP contribution in [0.4, 0.5) is 0 Å². The molecule has 0 radical (unpaired) electrons. The Hall–Kier alpha value is -0.950. The highest BCUT2D eigenvalue weighted by Crippen LogP contribution is 2.11. The van der Waals surface area contributed by atoms with Gasteiger partial charge in [-0.3, -0.25) is 4.79 Å². The first kappa shape index (κ1) is 18.0. The SMILES string of the molecule is CCCCCCCCCCCCCC(=O)C(C)=[N+]=[N-]. The Morgan fingerprint density at radius 3 is 1.68 bits per heavy atom. The number of nitrogens with zero attached hydrogens (tertiary/aromatic N) is 2. The Balaban J connectivity index is 3.19. The highest BCUT2D eigenvalue weighted by atomic mass is 16.1. The van der Waals surface area contributed by atoms with Crippen molar-refractivity contribution in [3.8, 4) is 0 Å². The zero-order chi connectivity index (χ0) is 14.3. The Morgan fingerprint density at radius 2 is 1.26 bits per heavy atom. The van der Waals surface area contributed by atoms with E-state index in [0.29, 0.717) is 6.42 Å². The maximum absolute atomic E-state index is 11.3. The van der Waals surface area contributed by atoms with Crippen molar-refractivity contribution in [2.45, 2.75) is 90.9 Å². The largest absolute Gasteiger partial charge is 0.361 e. The fourth-order valence-electron chi connectivity index (χ4n) is 2.19. The fraction of sp³-hybridized carbons (Fsp3) is 0.875. The van der Waals surface area contributed by atoms with Crippen LogP contribution in [-0.4, -0.2) is 16.3 Å². The Labute approximate surface area is 118 Å². The van der Waals surface area contributed by atoms with Crippen LogP contribution in [-0.2, 0) is 4.79 Å². The minimum atomic E-state index is -0.0292. The van der Waals surface area contributed by atoms with Crippen LogP contribution in [0.3, 0.4) is 0 Å². The number of carbonyl (C=O) groups is 1. The van der Waals surface area contributed by atoms with E-state index in [4.69, 9.17) is 5.53 Å². The first-order valence-corrected chi connectivity index (χ1v) is 7.94. The quantitative estimate of drug-likeness (QED) is 0.201. The van der Waals surface area contributed by atoms with Gasteiger partial charge in [0.05, 0.1) is 0 Å². The maximum Gasteiger partial charge on any atom is 0.331 e. The molecule has 0 aliphatic rings. The number of rotatable bonds is 13. The number of hydrogen-bond donors (Lipinski definition) is 0. The van der Waals surface area contributed by atoms with Gasteiger partial charge in [-0.1, -0.05) is 71.1 Å². The average Bonchev–Trinajstić information content (AvgIpc) is 2.43. The second kappa shape index (κ2) is 13.5. The van der Waals surface area contributed by atoms with Crippen LogP contribution in [0.5, 0.6) is 0 Å². The lowest BCUT2D eigenvalue weighted by molar-refractivity contribution is -0.117.